The number of rotatable bonds is 5. The van der Waals surface area contributed by atoms with Crippen molar-refractivity contribution in [1.29, 1.82) is 5.26 Å². The van der Waals surface area contributed by atoms with Gasteiger partial charge >= 0.3 is 0 Å². The van der Waals surface area contributed by atoms with Gasteiger partial charge in [0.2, 0.25) is 0 Å². The molecule has 1 rings (SSSR count). The molecule has 0 unspecified atom stereocenters. The van der Waals surface area contributed by atoms with Crippen LogP contribution in [0.15, 0.2) is 36.4 Å². The van der Waals surface area contributed by atoms with Crippen LogP contribution < -0.4 is 4.74 Å². The van der Waals surface area contributed by atoms with Crippen molar-refractivity contribution in [3.63, 3.8) is 0 Å². The minimum absolute atomic E-state index is 0.450. The second-order valence-corrected chi connectivity index (χ2v) is 3.53. The normalized spacial score (nSPS) is 9.33. The van der Waals surface area contributed by atoms with Crippen LogP contribution in [0.25, 0.3) is 0 Å². The number of hydrogen-bond acceptors (Lipinski definition) is 2. The average molecular weight is 201 g/mol. The predicted molar refractivity (Wildman–Crippen MR) is 60.7 cm³/mol. The Labute approximate surface area is 90.8 Å². The molecule has 0 fully saturated rings. The van der Waals surface area contributed by atoms with Crippen molar-refractivity contribution in [2.24, 2.45) is 0 Å². The average Bonchev–Trinajstić information content (AvgIpc) is 2.20. The molecule has 0 aliphatic heterocycles. The van der Waals surface area contributed by atoms with Gasteiger partial charge < -0.3 is 4.74 Å². The van der Waals surface area contributed by atoms with E-state index in [0.29, 0.717) is 13.0 Å². The number of benzene rings is 1. The van der Waals surface area contributed by atoms with Gasteiger partial charge in [-0.3, -0.25) is 0 Å². The maximum atomic E-state index is 8.50. The fourth-order valence-corrected chi connectivity index (χ4v) is 1.14. The molecule has 15 heavy (non-hydrogen) atoms. The van der Waals surface area contributed by atoms with Gasteiger partial charge in [-0.05, 0) is 24.6 Å². The van der Waals surface area contributed by atoms with Crippen LogP contribution >= 0.6 is 0 Å². The summed E-state index contributed by atoms with van der Waals surface area (Å²) in [5, 5.41) is 8.50. The molecule has 0 saturated heterocycles. The summed E-state index contributed by atoms with van der Waals surface area (Å²) in [5.74, 6) is 0.845. The van der Waals surface area contributed by atoms with E-state index in [2.05, 4.69) is 12.6 Å². The van der Waals surface area contributed by atoms with Gasteiger partial charge in [0.05, 0.1) is 19.1 Å². The van der Waals surface area contributed by atoms with Crippen LogP contribution in [0.3, 0.4) is 0 Å². The lowest BCUT2D eigenvalue weighted by atomic mass is 10.2. The zero-order valence-electron chi connectivity index (χ0n) is 8.99. The van der Waals surface area contributed by atoms with Gasteiger partial charge in [-0.2, -0.15) is 5.26 Å². The van der Waals surface area contributed by atoms with Gasteiger partial charge in [-0.1, -0.05) is 17.7 Å². The van der Waals surface area contributed by atoms with E-state index in [1.807, 2.05) is 31.2 Å². The topological polar surface area (TPSA) is 33.0 Å². The second-order valence-electron chi connectivity index (χ2n) is 3.53. The fourth-order valence-electron chi connectivity index (χ4n) is 1.14. The Balaban J connectivity index is 2.43. The van der Waals surface area contributed by atoms with E-state index in [1.54, 1.807) is 0 Å². The third-order valence-corrected chi connectivity index (χ3v) is 2.00. The van der Waals surface area contributed by atoms with E-state index < -0.39 is 0 Å². The minimum Gasteiger partial charge on any atom is -0.493 e. The van der Waals surface area contributed by atoms with Crippen LogP contribution in [0.1, 0.15) is 18.9 Å². The Hall–Kier alpha value is -1.75. The van der Waals surface area contributed by atoms with E-state index in [0.717, 1.165) is 23.3 Å². The zero-order chi connectivity index (χ0) is 11.1. The summed E-state index contributed by atoms with van der Waals surface area (Å²) in [6, 6.07) is 9.73. The lowest BCUT2D eigenvalue weighted by molar-refractivity contribution is 0.321. The standard InChI is InChI=1S/C13H15NO/c1-11(2)8-10-15-13-5-3-12(4-6-13)7-9-14/h3-6H,1,7-8,10H2,2H3. The summed E-state index contributed by atoms with van der Waals surface area (Å²) in [6.07, 6.45) is 1.33. The highest BCUT2D eigenvalue weighted by atomic mass is 16.5. The van der Waals surface area contributed by atoms with Crippen LogP contribution in [0.4, 0.5) is 0 Å². The fraction of sp³-hybridized carbons (Fsp3) is 0.308. The van der Waals surface area contributed by atoms with Crippen molar-refractivity contribution in [1.82, 2.24) is 0 Å². The molecule has 0 aliphatic carbocycles. The highest BCUT2D eigenvalue weighted by Crippen LogP contribution is 2.13. The van der Waals surface area contributed by atoms with Crippen molar-refractivity contribution in [3.05, 3.63) is 42.0 Å². The van der Waals surface area contributed by atoms with Gasteiger partial charge in [0.15, 0.2) is 0 Å². The molecular formula is C13H15NO. The highest BCUT2D eigenvalue weighted by molar-refractivity contribution is 5.28. The molecule has 0 aliphatic rings. The molecule has 1 aromatic rings. The maximum Gasteiger partial charge on any atom is 0.119 e. The molecule has 0 amide bonds. The molecule has 0 radical (unpaired) electrons. The molecule has 78 valence electrons. The number of hydrogen-bond donors (Lipinski definition) is 0. The zero-order valence-corrected chi connectivity index (χ0v) is 8.99. The summed E-state index contributed by atoms with van der Waals surface area (Å²) in [6.45, 7) is 6.45. The Bertz CT molecular complexity index is 359. The van der Waals surface area contributed by atoms with Crippen LogP contribution in [0.5, 0.6) is 5.75 Å². The molecule has 0 bridgehead atoms. The largest absolute Gasteiger partial charge is 0.493 e. The third kappa shape index (κ3) is 4.33. The first-order valence-corrected chi connectivity index (χ1v) is 4.95. The van der Waals surface area contributed by atoms with Crippen molar-refractivity contribution in [2.75, 3.05) is 6.61 Å². The van der Waals surface area contributed by atoms with Crippen LogP contribution in [0.2, 0.25) is 0 Å². The molecule has 0 N–H and O–H groups in total. The van der Waals surface area contributed by atoms with E-state index >= 15 is 0 Å². The molecule has 0 heterocycles. The van der Waals surface area contributed by atoms with E-state index in [9.17, 15) is 0 Å². The summed E-state index contributed by atoms with van der Waals surface area (Å²) < 4.78 is 5.51. The monoisotopic (exact) mass is 201 g/mol. The quantitative estimate of drug-likeness (QED) is 0.686. The van der Waals surface area contributed by atoms with Crippen molar-refractivity contribution in [2.45, 2.75) is 19.8 Å². The summed E-state index contributed by atoms with van der Waals surface area (Å²) >= 11 is 0. The molecular weight excluding hydrogens is 186 g/mol. The molecule has 2 heteroatoms. The second kappa shape index (κ2) is 5.87. The predicted octanol–water partition coefficient (Wildman–Crippen LogP) is 3.10. The number of nitriles is 1. The van der Waals surface area contributed by atoms with Gasteiger partial charge in [-0.15, -0.1) is 6.58 Å². The first kappa shape index (κ1) is 11.3. The first-order chi connectivity index (χ1) is 7.22. The SMILES string of the molecule is C=C(C)CCOc1ccc(CC#N)cc1. The van der Waals surface area contributed by atoms with Gasteiger partial charge in [0.25, 0.3) is 0 Å². The van der Waals surface area contributed by atoms with E-state index in [-0.39, 0.29) is 0 Å². The van der Waals surface area contributed by atoms with E-state index in [1.165, 1.54) is 0 Å². The molecule has 1 aromatic carbocycles. The van der Waals surface area contributed by atoms with E-state index in [4.69, 9.17) is 10.00 Å². The Morgan fingerprint density at radius 1 is 1.40 bits per heavy atom. The molecule has 0 spiro atoms. The van der Waals surface area contributed by atoms with Crippen molar-refractivity contribution < 1.29 is 4.74 Å². The number of nitrogens with zero attached hydrogens (tertiary/aromatic N) is 1. The summed E-state index contributed by atoms with van der Waals surface area (Å²) in [5.41, 5.74) is 2.14. The van der Waals surface area contributed by atoms with Gasteiger partial charge in [-0.25, -0.2) is 0 Å². The highest BCUT2D eigenvalue weighted by Gasteiger charge is 1.95. The Morgan fingerprint density at radius 3 is 2.60 bits per heavy atom. The molecule has 0 atom stereocenters. The molecule has 2 nitrogen and oxygen atoms in total. The van der Waals surface area contributed by atoms with Crippen molar-refractivity contribution in [3.8, 4) is 11.8 Å². The third-order valence-electron chi connectivity index (χ3n) is 2.00. The lowest BCUT2D eigenvalue weighted by Gasteiger charge is -2.05. The lowest BCUT2D eigenvalue weighted by Crippen LogP contribution is -1.97. The summed E-state index contributed by atoms with van der Waals surface area (Å²) in [7, 11) is 0. The smallest absolute Gasteiger partial charge is 0.119 e. The van der Waals surface area contributed by atoms with Gasteiger partial charge in [0.1, 0.15) is 5.75 Å². The van der Waals surface area contributed by atoms with Crippen molar-refractivity contribution >= 4 is 0 Å². The first-order valence-electron chi connectivity index (χ1n) is 4.95. The maximum absolute atomic E-state index is 8.50. The summed E-state index contributed by atoms with van der Waals surface area (Å²) in [4.78, 5) is 0. The minimum atomic E-state index is 0.450. The Kier molecular flexibility index (Phi) is 4.43. The number of ether oxygens (including phenoxy) is 1. The van der Waals surface area contributed by atoms with Crippen LogP contribution in [0, 0.1) is 11.3 Å². The van der Waals surface area contributed by atoms with Crippen LogP contribution in [-0.2, 0) is 6.42 Å². The Morgan fingerprint density at radius 2 is 2.07 bits per heavy atom. The molecule has 0 saturated carbocycles. The van der Waals surface area contributed by atoms with Gasteiger partial charge in [0, 0.05) is 6.42 Å². The van der Waals surface area contributed by atoms with Crippen LogP contribution in [-0.4, -0.2) is 6.61 Å². The molecule has 0 aromatic heterocycles.